The molecule has 0 spiro atoms. The van der Waals surface area contributed by atoms with E-state index in [1.54, 1.807) is 12.1 Å². The highest BCUT2D eigenvalue weighted by Gasteiger charge is 2.55. The minimum absolute atomic E-state index is 0.103. The molecule has 5 heteroatoms. The molecule has 1 atom stereocenters. The molecule has 2 aromatic rings. The molecule has 1 saturated heterocycles. The van der Waals surface area contributed by atoms with E-state index in [-0.39, 0.29) is 30.1 Å². The normalized spacial score (nSPS) is 22.5. The molecule has 4 nitrogen and oxygen atoms in total. The van der Waals surface area contributed by atoms with Crippen molar-refractivity contribution in [2.24, 2.45) is 0 Å². The Hall–Kier alpha value is -2.95. The van der Waals surface area contributed by atoms with Gasteiger partial charge in [0.2, 0.25) is 5.91 Å². The highest BCUT2D eigenvalue weighted by atomic mass is 19.1. The second-order valence-corrected chi connectivity index (χ2v) is 7.86. The maximum absolute atomic E-state index is 13.4. The number of anilines is 1. The standard InChI is InChI=1S/C24H25FN2O2/c25-19-11-13-21(14-12-19)27-22(28)17-24(27,16-15-18-7-3-1-4-8-18)23(29)26-20-9-5-2-6-10-20/h1,3-4,7-8,11-16,20H,2,5-6,9-10,17H2,(H,26,29)/b16-15+. The monoisotopic (exact) mass is 392 g/mol. The lowest BCUT2D eigenvalue weighted by Gasteiger charge is -2.49. The molecule has 2 amide bonds. The minimum atomic E-state index is -1.10. The van der Waals surface area contributed by atoms with Gasteiger partial charge in [0.05, 0.1) is 6.42 Å². The predicted octanol–water partition coefficient (Wildman–Crippen LogP) is 4.46. The van der Waals surface area contributed by atoms with Crippen LogP contribution in [0.1, 0.15) is 44.1 Å². The van der Waals surface area contributed by atoms with Crippen LogP contribution in [0.25, 0.3) is 6.08 Å². The van der Waals surface area contributed by atoms with Crippen LogP contribution in [-0.2, 0) is 9.59 Å². The van der Waals surface area contributed by atoms with E-state index in [0.717, 1.165) is 31.2 Å². The lowest BCUT2D eigenvalue weighted by atomic mass is 9.80. The van der Waals surface area contributed by atoms with Gasteiger partial charge in [0.1, 0.15) is 5.82 Å². The molecule has 1 unspecified atom stereocenters. The average Bonchev–Trinajstić information content (AvgIpc) is 2.74. The van der Waals surface area contributed by atoms with E-state index in [1.165, 1.54) is 23.5 Å². The molecule has 1 N–H and O–H groups in total. The van der Waals surface area contributed by atoms with Gasteiger partial charge in [-0.15, -0.1) is 0 Å². The van der Waals surface area contributed by atoms with E-state index in [1.807, 2.05) is 42.5 Å². The third-order valence-electron chi connectivity index (χ3n) is 5.84. The van der Waals surface area contributed by atoms with Crippen molar-refractivity contribution in [3.05, 3.63) is 72.1 Å². The number of nitrogens with one attached hydrogen (secondary N) is 1. The first-order valence-corrected chi connectivity index (χ1v) is 10.2. The Labute approximate surface area is 170 Å². The summed E-state index contributed by atoms with van der Waals surface area (Å²) in [5.74, 6) is -0.688. The summed E-state index contributed by atoms with van der Waals surface area (Å²) >= 11 is 0. The predicted molar refractivity (Wildman–Crippen MR) is 112 cm³/mol. The molecular weight excluding hydrogens is 367 g/mol. The van der Waals surface area contributed by atoms with Gasteiger partial charge in [0.25, 0.3) is 5.91 Å². The Balaban J connectivity index is 1.66. The van der Waals surface area contributed by atoms with Crippen molar-refractivity contribution in [2.75, 3.05) is 4.90 Å². The van der Waals surface area contributed by atoms with Crippen molar-refractivity contribution in [2.45, 2.75) is 50.1 Å². The van der Waals surface area contributed by atoms with Crippen molar-refractivity contribution < 1.29 is 14.0 Å². The molecule has 29 heavy (non-hydrogen) atoms. The molecule has 150 valence electrons. The number of β-lactam (4-membered cyclic amide) rings is 1. The first-order chi connectivity index (χ1) is 14.1. The molecule has 0 radical (unpaired) electrons. The number of rotatable bonds is 5. The number of nitrogens with zero attached hydrogens (tertiary/aromatic N) is 1. The zero-order valence-electron chi connectivity index (χ0n) is 16.3. The van der Waals surface area contributed by atoms with Crippen LogP contribution in [0.2, 0.25) is 0 Å². The van der Waals surface area contributed by atoms with Crippen LogP contribution >= 0.6 is 0 Å². The van der Waals surface area contributed by atoms with Crippen molar-refractivity contribution >= 4 is 23.6 Å². The SMILES string of the molecule is O=C1CC(/C=C/c2ccccc2)(C(=O)NC2CCCCC2)N1c1ccc(F)cc1. The topological polar surface area (TPSA) is 49.4 Å². The molecule has 4 rings (SSSR count). The molecule has 2 fully saturated rings. The molecule has 1 aliphatic heterocycles. The van der Waals surface area contributed by atoms with Crippen molar-refractivity contribution in [1.29, 1.82) is 0 Å². The minimum Gasteiger partial charge on any atom is -0.351 e. The summed E-state index contributed by atoms with van der Waals surface area (Å²) in [4.78, 5) is 27.5. The first-order valence-electron chi connectivity index (χ1n) is 10.2. The van der Waals surface area contributed by atoms with Crippen LogP contribution in [0.3, 0.4) is 0 Å². The van der Waals surface area contributed by atoms with E-state index in [2.05, 4.69) is 5.32 Å². The second-order valence-electron chi connectivity index (χ2n) is 7.86. The Kier molecular flexibility index (Phi) is 5.47. The van der Waals surface area contributed by atoms with E-state index in [0.29, 0.717) is 5.69 Å². The molecule has 0 bridgehead atoms. The third-order valence-corrected chi connectivity index (χ3v) is 5.84. The van der Waals surface area contributed by atoms with Gasteiger partial charge in [0, 0.05) is 11.7 Å². The van der Waals surface area contributed by atoms with Gasteiger partial charge in [-0.3, -0.25) is 14.5 Å². The molecule has 1 aliphatic carbocycles. The summed E-state index contributed by atoms with van der Waals surface area (Å²) in [5, 5.41) is 3.17. The van der Waals surface area contributed by atoms with E-state index in [4.69, 9.17) is 0 Å². The van der Waals surface area contributed by atoms with Crippen LogP contribution in [0.4, 0.5) is 10.1 Å². The quantitative estimate of drug-likeness (QED) is 0.764. The summed E-state index contributed by atoms with van der Waals surface area (Å²) in [7, 11) is 0. The maximum atomic E-state index is 13.4. The van der Waals surface area contributed by atoms with Crippen LogP contribution in [0.5, 0.6) is 0 Å². The number of hydrogen-bond donors (Lipinski definition) is 1. The first kappa shape index (κ1) is 19.4. The van der Waals surface area contributed by atoms with E-state index < -0.39 is 5.54 Å². The molecule has 0 aromatic heterocycles. The van der Waals surface area contributed by atoms with Crippen LogP contribution in [-0.4, -0.2) is 23.4 Å². The summed E-state index contributed by atoms with van der Waals surface area (Å²) in [6.45, 7) is 0. The number of carbonyl (C=O) groups excluding carboxylic acids is 2. The number of benzene rings is 2. The zero-order valence-corrected chi connectivity index (χ0v) is 16.3. The molecule has 1 saturated carbocycles. The smallest absolute Gasteiger partial charge is 0.251 e. The molecule has 2 aliphatic rings. The summed E-state index contributed by atoms with van der Waals surface area (Å²) < 4.78 is 13.4. The van der Waals surface area contributed by atoms with Crippen molar-refractivity contribution in [1.82, 2.24) is 5.32 Å². The fourth-order valence-corrected chi connectivity index (χ4v) is 4.23. The molecule has 1 heterocycles. The van der Waals surface area contributed by atoms with Crippen LogP contribution < -0.4 is 10.2 Å². The second kappa shape index (κ2) is 8.19. The third kappa shape index (κ3) is 3.95. The Morgan fingerprint density at radius 3 is 2.38 bits per heavy atom. The van der Waals surface area contributed by atoms with Gasteiger partial charge < -0.3 is 5.32 Å². The lowest BCUT2D eigenvalue weighted by Crippen LogP contribution is -2.70. The number of halogens is 1. The Morgan fingerprint density at radius 2 is 1.72 bits per heavy atom. The molecule has 2 aromatic carbocycles. The zero-order chi connectivity index (χ0) is 20.3. The van der Waals surface area contributed by atoms with Gasteiger partial charge in [0.15, 0.2) is 5.54 Å². The summed E-state index contributed by atoms with van der Waals surface area (Å²) in [6, 6.07) is 15.5. The van der Waals surface area contributed by atoms with Crippen LogP contribution in [0.15, 0.2) is 60.7 Å². The van der Waals surface area contributed by atoms with Crippen molar-refractivity contribution in [3.63, 3.8) is 0 Å². The lowest BCUT2D eigenvalue weighted by molar-refractivity contribution is -0.137. The van der Waals surface area contributed by atoms with Gasteiger partial charge >= 0.3 is 0 Å². The van der Waals surface area contributed by atoms with Crippen LogP contribution in [0, 0.1) is 5.82 Å². The fourth-order valence-electron chi connectivity index (χ4n) is 4.23. The van der Waals surface area contributed by atoms with E-state index in [9.17, 15) is 14.0 Å². The fraction of sp³-hybridized carbons (Fsp3) is 0.333. The summed E-state index contributed by atoms with van der Waals surface area (Å²) in [5.41, 5.74) is 0.386. The summed E-state index contributed by atoms with van der Waals surface area (Å²) in [6.07, 6.45) is 9.15. The number of amides is 2. The van der Waals surface area contributed by atoms with Gasteiger partial charge in [-0.25, -0.2) is 4.39 Å². The maximum Gasteiger partial charge on any atom is 0.251 e. The number of hydrogen-bond acceptors (Lipinski definition) is 2. The van der Waals surface area contributed by atoms with Crippen molar-refractivity contribution in [3.8, 4) is 0 Å². The van der Waals surface area contributed by atoms with Gasteiger partial charge in [-0.1, -0.05) is 55.7 Å². The van der Waals surface area contributed by atoms with Gasteiger partial charge in [-0.2, -0.15) is 0 Å². The Bertz CT molecular complexity index is 904. The Morgan fingerprint density at radius 1 is 1.03 bits per heavy atom. The van der Waals surface area contributed by atoms with Gasteiger partial charge in [-0.05, 0) is 48.7 Å². The number of carbonyl (C=O) groups is 2. The largest absolute Gasteiger partial charge is 0.351 e. The molecular formula is C24H25FN2O2. The van der Waals surface area contributed by atoms with E-state index >= 15 is 0 Å². The highest BCUT2D eigenvalue weighted by molar-refractivity contribution is 6.15. The highest BCUT2D eigenvalue weighted by Crippen LogP contribution is 2.39. The average molecular weight is 392 g/mol.